The van der Waals surface area contributed by atoms with Gasteiger partial charge in [0, 0.05) is 6.54 Å². The van der Waals surface area contributed by atoms with Crippen molar-refractivity contribution in [3.8, 4) is 11.5 Å². The molecule has 0 aliphatic rings. The predicted molar refractivity (Wildman–Crippen MR) is 77.1 cm³/mol. The van der Waals surface area contributed by atoms with Crippen molar-refractivity contribution < 1.29 is 15.0 Å². The van der Waals surface area contributed by atoms with Gasteiger partial charge in [-0.05, 0) is 17.7 Å². The van der Waals surface area contributed by atoms with Crippen LogP contribution in [-0.4, -0.2) is 22.7 Å². The quantitative estimate of drug-likeness (QED) is 0.599. The van der Waals surface area contributed by atoms with Crippen LogP contribution in [0.4, 0.5) is 0 Å². The third kappa shape index (κ3) is 3.22. The first kappa shape index (κ1) is 14.2. The Balaban J connectivity index is 2.01. The Morgan fingerprint density at radius 3 is 2.50 bits per heavy atom. The van der Waals surface area contributed by atoms with Crippen LogP contribution in [0.1, 0.15) is 21.3 Å². The lowest BCUT2D eigenvalue weighted by atomic mass is 10.1. The third-order valence-corrected chi connectivity index (χ3v) is 3.27. The Kier molecular flexibility index (Phi) is 4.48. The highest BCUT2D eigenvalue weighted by Crippen LogP contribution is 2.28. The van der Waals surface area contributed by atoms with Gasteiger partial charge in [0.15, 0.2) is 11.5 Å². The van der Waals surface area contributed by atoms with Gasteiger partial charge in [-0.25, -0.2) is 0 Å². The van der Waals surface area contributed by atoms with E-state index in [0.29, 0.717) is 0 Å². The number of carbonyl (C=O) groups is 1. The molecular formula is C15H14ClNO3. The Labute approximate surface area is 121 Å². The van der Waals surface area contributed by atoms with Gasteiger partial charge in [-0.2, -0.15) is 0 Å². The molecule has 2 aromatic rings. The summed E-state index contributed by atoms with van der Waals surface area (Å²) >= 11 is 6.18. The highest BCUT2D eigenvalue weighted by Gasteiger charge is 2.15. The van der Waals surface area contributed by atoms with E-state index in [1.807, 2.05) is 30.3 Å². The number of halogens is 1. The fourth-order valence-electron chi connectivity index (χ4n) is 1.77. The van der Waals surface area contributed by atoms with E-state index < -0.39 is 11.7 Å². The van der Waals surface area contributed by atoms with E-state index in [2.05, 4.69) is 5.32 Å². The predicted octanol–water partition coefficient (Wildman–Crippen LogP) is 2.81. The van der Waals surface area contributed by atoms with Crippen LogP contribution in [0.25, 0.3) is 0 Å². The molecule has 0 aromatic heterocycles. The minimum Gasteiger partial charge on any atom is -0.504 e. The first-order chi connectivity index (χ1) is 9.59. The number of phenols is 2. The van der Waals surface area contributed by atoms with Crippen molar-refractivity contribution >= 4 is 17.5 Å². The van der Waals surface area contributed by atoms with Gasteiger partial charge >= 0.3 is 0 Å². The monoisotopic (exact) mass is 291 g/mol. The molecule has 20 heavy (non-hydrogen) atoms. The largest absolute Gasteiger partial charge is 0.504 e. The average Bonchev–Trinajstić information content (AvgIpc) is 2.48. The Hall–Kier alpha value is -2.20. The van der Waals surface area contributed by atoms with Crippen LogP contribution in [-0.2, 0) is 0 Å². The molecule has 2 rings (SSSR count). The fraction of sp³-hybridized carbons (Fsp3) is 0.133. The normalized spacial score (nSPS) is 11.8. The summed E-state index contributed by atoms with van der Waals surface area (Å²) in [5.41, 5.74) is 0.913. The van der Waals surface area contributed by atoms with E-state index in [9.17, 15) is 15.0 Å². The molecule has 4 nitrogen and oxygen atoms in total. The Bertz CT molecular complexity index is 601. The lowest BCUT2D eigenvalue weighted by Crippen LogP contribution is -2.26. The molecule has 0 aliphatic heterocycles. The van der Waals surface area contributed by atoms with Gasteiger partial charge in [-0.3, -0.25) is 4.79 Å². The van der Waals surface area contributed by atoms with Crippen molar-refractivity contribution in [3.63, 3.8) is 0 Å². The molecule has 0 radical (unpaired) electrons. The second-order valence-electron chi connectivity index (χ2n) is 4.26. The lowest BCUT2D eigenvalue weighted by molar-refractivity contribution is 0.0950. The van der Waals surface area contributed by atoms with E-state index in [-0.39, 0.29) is 23.2 Å². The van der Waals surface area contributed by atoms with E-state index in [1.54, 1.807) is 0 Å². The molecule has 0 fully saturated rings. The highest BCUT2D eigenvalue weighted by molar-refractivity contribution is 6.21. The summed E-state index contributed by atoms with van der Waals surface area (Å²) in [7, 11) is 0. The van der Waals surface area contributed by atoms with Crippen molar-refractivity contribution in [2.75, 3.05) is 6.54 Å². The summed E-state index contributed by atoms with van der Waals surface area (Å²) in [6.45, 7) is 0.222. The van der Waals surface area contributed by atoms with Crippen molar-refractivity contribution in [3.05, 3.63) is 59.7 Å². The summed E-state index contributed by atoms with van der Waals surface area (Å²) in [5, 5.41) is 21.2. The van der Waals surface area contributed by atoms with Crippen molar-refractivity contribution in [1.82, 2.24) is 5.32 Å². The Morgan fingerprint density at radius 1 is 1.10 bits per heavy atom. The minimum absolute atomic E-state index is 0.0157. The molecule has 0 aliphatic carbocycles. The summed E-state index contributed by atoms with van der Waals surface area (Å²) in [5.74, 6) is -1.25. The number of benzene rings is 2. The zero-order chi connectivity index (χ0) is 14.5. The minimum atomic E-state index is -0.486. The smallest absolute Gasteiger partial charge is 0.255 e. The molecule has 1 unspecified atom stereocenters. The molecule has 5 heteroatoms. The van der Waals surface area contributed by atoms with Crippen molar-refractivity contribution in [2.45, 2.75) is 5.38 Å². The second-order valence-corrected chi connectivity index (χ2v) is 4.79. The third-order valence-electron chi connectivity index (χ3n) is 2.86. The Morgan fingerprint density at radius 2 is 1.80 bits per heavy atom. The maximum absolute atomic E-state index is 11.9. The number of carbonyl (C=O) groups excluding carboxylic acids is 1. The van der Waals surface area contributed by atoms with Crippen LogP contribution in [0.2, 0.25) is 0 Å². The van der Waals surface area contributed by atoms with Crippen LogP contribution in [0, 0.1) is 0 Å². The SMILES string of the molecule is O=C(NCC(Cl)c1ccccc1)c1cccc(O)c1O. The molecule has 0 spiro atoms. The fourth-order valence-corrected chi connectivity index (χ4v) is 1.99. The van der Waals surface area contributed by atoms with E-state index >= 15 is 0 Å². The average molecular weight is 292 g/mol. The van der Waals surface area contributed by atoms with Crippen molar-refractivity contribution in [1.29, 1.82) is 0 Å². The number of hydrogen-bond acceptors (Lipinski definition) is 3. The number of phenolic OH excluding ortho intramolecular Hbond substituents is 2. The number of nitrogens with one attached hydrogen (secondary N) is 1. The molecule has 0 bridgehead atoms. The van der Waals surface area contributed by atoms with Gasteiger partial charge in [0.2, 0.25) is 0 Å². The van der Waals surface area contributed by atoms with E-state index in [4.69, 9.17) is 11.6 Å². The van der Waals surface area contributed by atoms with E-state index in [0.717, 1.165) is 5.56 Å². The van der Waals surface area contributed by atoms with Crippen LogP contribution >= 0.6 is 11.6 Å². The van der Waals surface area contributed by atoms with E-state index in [1.165, 1.54) is 18.2 Å². The van der Waals surface area contributed by atoms with Gasteiger partial charge < -0.3 is 15.5 Å². The molecule has 3 N–H and O–H groups in total. The molecule has 0 heterocycles. The molecule has 104 valence electrons. The molecule has 0 saturated heterocycles. The number of alkyl halides is 1. The van der Waals surface area contributed by atoms with Crippen LogP contribution in [0.5, 0.6) is 11.5 Å². The number of hydrogen-bond donors (Lipinski definition) is 3. The number of aromatic hydroxyl groups is 2. The van der Waals surface area contributed by atoms with Crippen LogP contribution in [0.15, 0.2) is 48.5 Å². The standard InChI is InChI=1S/C15H14ClNO3/c16-12(10-5-2-1-3-6-10)9-17-15(20)11-7-4-8-13(18)14(11)19/h1-8,12,18-19H,9H2,(H,17,20). The van der Waals surface area contributed by atoms with Gasteiger partial charge in [0.05, 0.1) is 10.9 Å². The highest BCUT2D eigenvalue weighted by atomic mass is 35.5. The van der Waals surface area contributed by atoms with Gasteiger partial charge in [0.1, 0.15) is 0 Å². The van der Waals surface area contributed by atoms with Gasteiger partial charge in [-0.1, -0.05) is 36.4 Å². The van der Waals surface area contributed by atoms with Crippen LogP contribution < -0.4 is 5.32 Å². The maximum atomic E-state index is 11.9. The van der Waals surface area contributed by atoms with Crippen molar-refractivity contribution in [2.24, 2.45) is 0 Å². The summed E-state index contributed by atoms with van der Waals surface area (Å²) < 4.78 is 0. The summed E-state index contributed by atoms with van der Waals surface area (Å²) in [6, 6.07) is 13.6. The number of amides is 1. The zero-order valence-electron chi connectivity index (χ0n) is 10.6. The number of para-hydroxylation sites is 1. The molecule has 2 aromatic carbocycles. The summed E-state index contributed by atoms with van der Waals surface area (Å²) in [6.07, 6.45) is 0. The first-order valence-corrected chi connectivity index (χ1v) is 6.51. The van der Waals surface area contributed by atoms with Gasteiger partial charge in [-0.15, -0.1) is 11.6 Å². The maximum Gasteiger partial charge on any atom is 0.255 e. The zero-order valence-corrected chi connectivity index (χ0v) is 11.3. The second kappa shape index (κ2) is 6.30. The lowest BCUT2D eigenvalue weighted by Gasteiger charge is -2.12. The van der Waals surface area contributed by atoms with Crippen LogP contribution in [0.3, 0.4) is 0 Å². The summed E-state index contributed by atoms with van der Waals surface area (Å²) in [4.78, 5) is 11.9. The molecule has 0 saturated carbocycles. The van der Waals surface area contributed by atoms with Gasteiger partial charge in [0.25, 0.3) is 5.91 Å². The molecular weight excluding hydrogens is 278 g/mol. The molecule has 1 atom stereocenters. The first-order valence-electron chi connectivity index (χ1n) is 6.07. The molecule has 1 amide bonds. The number of rotatable bonds is 4. The topological polar surface area (TPSA) is 69.6 Å².